The third-order valence-electron chi connectivity index (χ3n) is 2.84. The number of hydrogen-bond donors (Lipinski definition) is 2. The maximum Gasteiger partial charge on any atom is 0.240 e. The van der Waals surface area contributed by atoms with E-state index >= 15 is 0 Å². The number of nitrogens with zero attached hydrogens (tertiary/aromatic N) is 1. The molecule has 1 aromatic carbocycles. The number of anilines is 1. The van der Waals surface area contributed by atoms with E-state index in [0.29, 0.717) is 19.7 Å². The van der Waals surface area contributed by atoms with Gasteiger partial charge in [-0.15, -0.1) is 0 Å². The van der Waals surface area contributed by atoms with Gasteiger partial charge >= 0.3 is 0 Å². The van der Waals surface area contributed by atoms with Gasteiger partial charge in [-0.3, -0.25) is 0 Å². The van der Waals surface area contributed by atoms with Crippen molar-refractivity contribution in [2.45, 2.75) is 24.8 Å². The molecule has 1 rings (SSSR count). The van der Waals surface area contributed by atoms with Crippen molar-refractivity contribution in [3.05, 3.63) is 24.3 Å². The van der Waals surface area contributed by atoms with Gasteiger partial charge in [0.05, 0.1) is 18.1 Å². The molecule has 0 heterocycles. The normalized spacial score (nSPS) is 11.9. The lowest BCUT2D eigenvalue weighted by Crippen LogP contribution is -2.31. The monoisotopic (exact) mass is 316 g/mol. The molecule has 0 saturated carbocycles. The van der Waals surface area contributed by atoms with Crippen molar-refractivity contribution in [3.8, 4) is 0 Å². The summed E-state index contributed by atoms with van der Waals surface area (Å²) in [4.78, 5) is 2.17. The van der Waals surface area contributed by atoms with Crippen molar-refractivity contribution >= 4 is 15.7 Å². The first-order chi connectivity index (χ1) is 9.90. The van der Waals surface area contributed by atoms with Crippen LogP contribution >= 0.6 is 0 Å². The lowest BCUT2D eigenvalue weighted by molar-refractivity contribution is 0.203. The molecule has 1 aromatic rings. The Kier molecular flexibility index (Phi) is 7.10. The summed E-state index contributed by atoms with van der Waals surface area (Å²) in [5.41, 5.74) is 0.851. The largest absolute Gasteiger partial charge is 0.395 e. The average Bonchev–Trinajstić information content (AvgIpc) is 2.42. The van der Waals surface area contributed by atoms with Crippen LogP contribution in [-0.2, 0) is 14.8 Å². The number of aliphatic hydroxyl groups excluding tert-OH is 1. The molecular formula is C14H24N2O4S. The zero-order valence-corrected chi connectivity index (χ0v) is 13.6. The Morgan fingerprint density at radius 1 is 1.24 bits per heavy atom. The van der Waals surface area contributed by atoms with Crippen molar-refractivity contribution in [2.75, 3.05) is 38.3 Å². The predicted molar refractivity (Wildman–Crippen MR) is 83.1 cm³/mol. The highest BCUT2D eigenvalue weighted by Crippen LogP contribution is 2.18. The molecule has 2 N–H and O–H groups in total. The van der Waals surface area contributed by atoms with Crippen LogP contribution in [0.15, 0.2) is 29.2 Å². The van der Waals surface area contributed by atoms with Crippen LogP contribution in [0.5, 0.6) is 0 Å². The summed E-state index contributed by atoms with van der Waals surface area (Å²) in [5, 5.41) is 9.09. The molecule has 0 unspecified atom stereocenters. The van der Waals surface area contributed by atoms with Gasteiger partial charge in [-0.25, -0.2) is 13.1 Å². The molecule has 0 atom stereocenters. The molecule has 0 aliphatic carbocycles. The fourth-order valence-corrected chi connectivity index (χ4v) is 3.16. The van der Waals surface area contributed by atoms with E-state index in [1.54, 1.807) is 45.2 Å². The van der Waals surface area contributed by atoms with Crippen molar-refractivity contribution in [1.29, 1.82) is 0 Å². The second kappa shape index (κ2) is 8.33. The first-order valence-corrected chi connectivity index (χ1v) is 8.36. The van der Waals surface area contributed by atoms with Crippen molar-refractivity contribution in [1.82, 2.24) is 4.72 Å². The van der Waals surface area contributed by atoms with E-state index in [1.807, 2.05) is 4.90 Å². The smallest absolute Gasteiger partial charge is 0.240 e. The highest BCUT2D eigenvalue weighted by atomic mass is 32.2. The molecule has 0 bridgehead atoms. The number of nitrogens with one attached hydrogen (secondary N) is 1. The van der Waals surface area contributed by atoms with Gasteiger partial charge < -0.3 is 14.7 Å². The molecule has 21 heavy (non-hydrogen) atoms. The van der Waals surface area contributed by atoms with E-state index in [4.69, 9.17) is 9.84 Å². The standard InChI is InChI=1S/C14H24N2O4S/c1-12(2)15-21(18,19)14-6-4-13(5-7-14)16(8-10-17)9-11-20-3/h4-7,12,15,17H,8-11H2,1-3H3. The molecule has 6 nitrogen and oxygen atoms in total. The van der Waals surface area contributed by atoms with Crippen molar-refractivity contribution in [2.24, 2.45) is 0 Å². The lowest BCUT2D eigenvalue weighted by atomic mass is 10.3. The van der Waals surface area contributed by atoms with Gasteiger partial charge in [-0.2, -0.15) is 0 Å². The molecule has 0 radical (unpaired) electrons. The molecule has 120 valence electrons. The van der Waals surface area contributed by atoms with E-state index in [2.05, 4.69) is 4.72 Å². The Bertz CT molecular complexity index is 514. The lowest BCUT2D eigenvalue weighted by Gasteiger charge is -2.23. The second-order valence-electron chi connectivity index (χ2n) is 4.97. The van der Waals surface area contributed by atoms with Gasteiger partial charge in [0.15, 0.2) is 0 Å². The quantitative estimate of drug-likeness (QED) is 0.705. The molecule has 0 spiro atoms. The van der Waals surface area contributed by atoms with E-state index in [1.165, 1.54) is 0 Å². The molecule has 0 aliphatic rings. The van der Waals surface area contributed by atoms with Gasteiger partial charge in [0.2, 0.25) is 10.0 Å². The number of hydrogen-bond acceptors (Lipinski definition) is 5. The Hall–Kier alpha value is -1.15. The third kappa shape index (κ3) is 5.62. The fraction of sp³-hybridized carbons (Fsp3) is 0.571. The summed E-state index contributed by atoms with van der Waals surface area (Å²) >= 11 is 0. The highest BCUT2D eigenvalue weighted by molar-refractivity contribution is 7.89. The first-order valence-electron chi connectivity index (χ1n) is 6.88. The van der Waals surface area contributed by atoms with Crippen LogP contribution in [-0.4, -0.2) is 53.0 Å². The van der Waals surface area contributed by atoms with Crippen LogP contribution in [0.25, 0.3) is 0 Å². The minimum Gasteiger partial charge on any atom is -0.395 e. The van der Waals surface area contributed by atoms with Crippen molar-refractivity contribution < 1.29 is 18.3 Å². The Labute approximate surface area is 126 Å². The van der Waals surface area contributed by atoms with Crippen LogP contribution in [0.1, 0.15) is 13.8 Å². The molecular weight excluding hydrogens is 292 g/mol. The van der Waals surface area contributed by atoms with E-state index in [9.17, 15) is 8.42 Å². The van der Waals surface area contributed by atoms with Crippen molar-refractivity contribution in [3.63, 3.8) is 0 Å². The minimum atomic E-state index is -3.47. The summed E-state index contributed by atoms with van der Waals surface area (Å²) in [6.07, 6.45) is 0. The molecule has 7 heteroatoms. The average molecular weight is 316 g/mol. The number of benzene rings is 1. The third-order valence-corrected chi connectivity index (χ3v) is 4.51. The fourth-order valence-electron chi connectivity index (χ4n) is 1.91. The maximum atomic E-state index is 12.0. The van der Waals surface area contributed by atoms with Crippen LogP contribution in [0, 0.1) is 0 Å². The van der Waals surface area contributed by atoms with E-state index in [-0.39, 0.29) is 17.5 Å². The van der Waals surface area contributed by atoms with Crippen LogP contribution < -0.4 is 9.62 Å². The molecule has 0 fully saturated rings. The SMILES string of the molecule is COCCN(CCO)c1ccc(S(=O)(=O)NC(C)C)cc1. The zero-order valence-electron chi connectivity index (χ0n) is 12.7. The van der Waals surface area contributed by atoms with Gasteiger partial charge in [-0.05, 0) is 38.1 Å². The topological polar surface area (TPSA) is 78.9 Å². The molecule has 0 saturated heterocycles. The Balaban J connectivity index is 2.89. The Morgan fingerprint density at radius 3 is 2.33 bits per heavy atom. The van der Waals surface area contributed by atoms with Crippen LogP contribution in [0.3, 0.4) is 0 Å². The maximum absolute atomic E-state index is 12.0. The zero-order chi connectivity index (χ0) is 15.9. The van der Waals surface area contributed by atoms with Gasteiger partial charge in [0, 0.05) is 31.9 Å². The van der Waals surface area contributed by atoms with E-state index in [0.717, 1.165) is 5.69 Å². The summed E-state index contributed by atoms with van der Waals surface area (Å²) in [6.45, 7) is 5.22. The molecule has 0 aliphatic heterocycles. The van der Waals surface area contributed by atoms with Gasteiger partial charge in [-0.1, -0.05) is 0 Å². The molecule has 0 aromatic heterocycles. The number of rotatable bonds is 9. The second-order valence-corrected chi connectivity index (χ2v) is 6.69. The number of ether oxygens (including phenoxy) is 1. The highest BCUT2D eigenvalue weighted by Gasteiger charge is 2.15. The molecule has 0 amide bonds. The van der Waals surface area contributed by atoms with E-state index < -0.39 is 10.0 Å². The first kappa shape index (κ1) is 17.9. The van der Waals surface area contributed by atoms with Crippen LogP contribution in [0.2, 0.25) is 0 Å². The minimum absolute atomic E-state index is 0.0265. The summed E-state index contributed by atoms with van der Waals surface area (Å²) in [6, 6.07) is 6.46. The van der Waals surface area contributed by atoms with Gasteiger partial charge in [0.25, 0.3) is 0 Å². The predicted octanol–water partition coefficient (Wildman–Crippen LogP) is 0.818. The number of methoxy groups -OCH3 is 1. The van der Waals surface area contributed by atoms with Crippen LogP contribution in [0.4, 0.5) is 5.69 Å². The summed E-state index contributed by atoms with van der Waals surface area (Å²) in [5.74, 6) is 0. The summed E-state index contributed by atoms with van der Waals surface area (Å²) in [7, 11) is -1.86. The Morgan fingerprint density at radius 2 is 1.86 bits per heavy atom. The number of sulfonamides is 1. The summed E-state index contributed by atoms with van der Waals surface area (Å²) < 4.78 is 31.6. The van der Waals surface area contributed by atoms with Gasteiger partial charge in [0.1, 0.15) is 0 Å². The number of aliphatic hydroxyl groups is 1.